The summed E-state index contributed by atoms with van der Waals surface area (Å²) in [5.41, 5.74) is 1.47. The number of anilines is 2. The number of nitrogens with one attached hydrogen (secondary N) is 2. The first kappa shape index (κ1) is 17.9. The highest BCUT2D eigenvalue weighted by Crippen LogP contribution is 2.34. The molecule has 0 fully saturated rings. The zero-order chi connectivity index (χ0) is 18.7. The van der Waals surface area contributed by atoms with E-state index in [9.17, 15) is 18.0 Å². The molecule has 0 unspecified atom stereocenters. The molecule has 0 atom stereocenters. The van der Waals surface area contributed by atoms with Crippen molar-refractivity contribution in [2.24, 2.45) is 0 Å². The van der Waals surface area contributed by atoms with Crippen LogP contribution in [0.15, 0.2) is 53.9 Å². The SMILES string of the molecule is Cc1ccc(-c2csc(NC(=O)Nc3ccccc3C(F)(F)F)n2)cc1. The molecule has 0 saturated heterocycles. The third-order valence-electron chi connectivity index (χ3n) is 3.55. The van der Waals surface area contributed by atoms with Gasteiger partial charge in [-0.1, -0.05) is 42.0 Å². The first-order valence-corrected chi connectivity index (χ1v) is 8.48. The molecule has 3 rings (SSSR count). The molecule has 0 saturated carbocycles. The minimum absolute atomic E-state index is 0.294. The van der Waals surface area contributed by atoms with Crippen LogP contribution in [-0.4, -0.2) is 11.0 Å². The van der Waals surface area contributed by atoms with Gasteiger partial charge in [-0.05, 0) is 19.1 Å². The molecule has 0 spiro atoms. The number of benzene rings is 2. The Morgan fingerprint density at radius 1 is 1.04 bits per heavy atom. The number of urea groups is 1. The summed E-state index contributed by atoms with van der Waals surface area (Å²) in [5, 5.41) is 6.74. The number of halogens is 3. The fourth-order valence-corrected chi connectivity index (χ4v) is 2.99. The highest BCUT2D eigenvalue weighted by atomic mass is 32.1. The van der Waals surface area contributed by atoms with Crippen LogP contribution in [0.5, 0.6) is 0 Å². The Kier molecular flexibility index (Phi) is 4.94. The van der Waals surface area contributed by atoms with Gasteiger partial charge in [0.15, 0.2) is 5.13 Å². The van der Waals surface area contributed by atoms with Crippen molar-refractivity contribution in [2.45, 2.75) is 13.1 Å². The second-order valence-corrected chi connectivity index (χ2v) is 6.38. The minimum Gasteiger partial charge on any atom is -0.307 e. The van der Waals surface area contributed by atoms with E-state index in [-0.39, 0.29) is 5.69 Å². The number of rotatable bonds is 3. The topological polar surface area (TPSA) is 54.0 Å². The van der Waals surface area contributed by atoms with E-state index < -0.39 is 17.8 Å². The van der Waals surface area contributed by atoms with E-state index in [4.69, 9.17) is 0 Å². The Labute approximate surface area is 151 Å². The summed E-state index contributed by atoms with van der Waals surface area (Å²) in [6.07, 6.45) is -4.55. The summed E-state index contributed by atoms with van der Waals surface area (Å²) < 4.78 is 38.9. The number of aromatic nitrogens is 1. The monoisotopic (exact) mass is 377 g/mol. The average Bonchev–Trinajstić information content (AvgIpc) is 3.03. The van der Waals surface area contributed by atoms with Crippen molar-refractivity contribution in [3.8, 4) is 11.3 Å². The lowest BCUT2D eigenvalue weighted by Gasteiger charge is -2.13. The highest BCUT2D eigenvalue weighted by Gasteiger charge is 2.33. The molecule has 4 nitrogen and oxygen atoms in total. The second kappa shape index (κ2) is 7.17. The van der Waals surface area contributed by atoms with Crippen molar-refractivity contribution < 1.29 is 18.0 Å². The van der Waals surface area contributed by atoms with Gasteiger partial charge in [0.05, 0.1) is 16.9 Å². The van der Waals surface area contributed by atoms with Gasteiger partial charge in [-0.15, -0.1) is 11.3 Å². The van der Waals surface area contributed by atoms with Crippen LogP contribution in [0, 0.1) is 6.92 Å². The fraction of sp³-hybridized carbons (Fsp3) is 0.111. The largest absolute Gasteiger partial charge is 0.418 e. The minimum atomic E-state index is -4.55. The molecule has 26 heavy (non-hydrogen) atoms. The van der Waals surface area contributed by atoms with Gasteiger partial charge >= 0.3 is 12.2 Å². The van der Waals surface area contributed by atoms with Crippen LogP contribution < -0.4 is 10.6 Å². The first-order valence-electron chi connectivity index (χ1n) is 7.60. The number of hydrogen-bond acceptors (Lipinski definition) is 3. The number of carbonyl (C=O) groups is 1. The van der Waals surface area contributed by atoms with Gasteiger partial charge in [0, 0.05) is 10.9 Å². The molecular weight excluding hydrogens is 363 g/mol. The normalized spacial score (nSPS) is 11.2. The maximum Gasteiger partial charge on any atom is 0.418 e. The summed E-state index contributed by atoms with van der Waals surface area (Å²) in [6.45, 7) is 1.97. The van der Waals surface area contributed by atoms with Crippen molar-refractivity contribution in [1.82, 2.24) is 4.98 Å². The Morgan fingerprint density at radius 2 is 1.73 bits per heavy atom. The summed E-state index contributed by atoms with van der Waals surface area (Å²) in [6, 6.07) is 11.7. The molecule has 0 aliphatic carbocycles. The van der Waals surface area contributed by atoms with Crippen molar-refractivity contribution in [1.29, 1.82) is 0 Å². The summed E-state index contributed by atoms with van der Waals surface area (Å²) in [5.74, 6) is 0. The molecule has 2 amide bonds. The number of thiazole rings is 1. The summed E-state index contributed by atoms with van der Waals surface area (Å²) >= 11 is 1.19. The quantitative estimate of drug-likeness (QED) is 0.608. The molecule has 1 aromatic heterocycles. The number of hydrogen-bond donors (Lipinski definition) is 2. The van der Waals surface area contributed by atoms with Crippen molar-refractivity contribution in [3.05, 3.63) is 65.0 Å². The van der Waals surface area contributed by atoms with Crippen LogP contribution in [0.4, 0.5) is 28.8 Å². The summed E-state index contributed by atoms with van der Waals surface area (Å²) in [7, 11) is 0. The molecule has 134 valence electrons. The van der Waals surface area contributed by atoms with Gasteiger partial charge in [-0.2, -0.15) is 13.2 Å². The van der Waals surface area contributed by atoms with Crippen molar-refractivity contribution >= 4 is 28.2 Å². The highest BCUT2D eigenvalue weighted by molar-refractivity contribution is 7.14. The number of aryl methyl sites for hydroxylation is 1. The Hall–Kier alpha value is -2.87. The smallest absolute Gasteiger partial charge is 0.307 e. The van der Waals surface area contributed by atoms with Crippen LogP contribution in [0.25, 0.3) is 11.3 Å². The second-order valence-electron chi connectivity index (χ2n) is 5.53. The average molecular weight is 377 g/mol. The van der Waals surface area contributed by atoms with E-state index in [1.807, 2.05) is 31.2 Å². The Balaban J connectivity index is 1.71. The lowest BCUT2D eigenvalue weighted by molar-refractivity contribution is -0.136. The zero-order valence-corrected chi connectivity index (χ0v) is 14.4. The van der Waals surface area contributed by atoms with Crippen molar-refractivity contribution in [2.75, 3.05) is 10.6 Å². The fourth-order valence-electron chi connectivity index (χ4n) is 2.28. The Bertz CT molecular complexity index is 920. The van der Waals surface area contributed by atoms with Crippen LogP contribution >= 0.6 is 11.3 Å². The van der Waals surface area contributed by atoms with Gasteiger partial charge < -0.3 is 5.32 Å². The van der Waals surface area contributed by atoms with Crippen LogP contribution in [-0.2, 0) is 6.18 Å². The molecule has 0 radical (unpaired) electrons. The van der Waals surface area contributed by atoms with E-state index in [2.05, 4.69) is 15.6 Å². The molecule has 8 heteroatoms. The van der Waals surface area contributed by atoms with E-state index >= 15 is 0 Å². The maximum absolute atomic E-state index is 13.0. The third-order valence-corrected chi connectivity index (χ3v) is 4.31. The van der Waals surface area contributed by atoms with Gasteiger partial charge in [0.1, 0.15) is 0 Å². The van der Waals surface area contributed by atoms with E-state index in [1.54, 1.807) is 5.38 Å². The third kappa shape index (κ3) is 4.20. The van der Waals surface area contributed by atoms with E-state index in [1.165, 1.54) is 29.5 Å². The molecule has 2 N–H and O–H groups in total. The number of amides is 2. The van der Waals surface area contributed by atoms with Gasteiger partial charge in [-0.3, -0.25) is 5.32 Å². The molecule has 0 aliphatic rings. The number of carbonyl (C=O) groups excluding carboxylic acids is 1. The maximum atomic E-state index is 13.0. The van der Waals surface area contributed by atoms with E-state index in [0.29, 0.717) is 10.8 Å². The predicted octanol–water partition coefficient (Wildman–Crippen LogP) is 5.78. The zero-order valence-electron chi connectivity index (χ0n) is 13.6. The molecule has 3 aromatic rings. The van der Waals surface area contributed by atoms with Crippen molar-refractivity contribution in [3.63, 3.8) is 0 Å². The molecule has 2 aromatic carbocycles. The van der Waals surface area contributed by atoms with Gasteiger partial charge in [-0.25, -0.2) is 9.78 Å². The first-order chi connectivity index (χ1) is 12.3. The molecule has 0 aliphatic heterocycles. The van der Waals surface area contributed by atoms with Crippen LogP contribution in [0.2, 0.25) is 0 Å². The standard InChI is InChI=1S/C18H14F3N3OS/c1-11-6-8-12(9-7-11)15-10-26-17(23-15)24-16(25)22-14-5-3-2-4-13(14)18(19,20)21/h2-10H,1H3,(H2,22,23,24,25). The Morgan fingerprint density at radius 3 is 2.42 bits per heavy atom. The van der Waals surface area contributed by atoms with Crippen LogP contribution in [0.1, 0.15) is 11.1 Å². The number of nitrogens with zero attached hydrogens (tertiary/aromatic N) is 1. The lowest BCUT2D eigenvalue weighted by Crippen LogP contribution is -2.21. The molecule has 1 heterocycles. The number of alkyl halides is 3. The summed E-state index contributed by atoms with van der Waals surface area (Å²) in [4.78, 5) is 16.3. The number of para-hydroxylation sites is 1. The predicted molar refractivity (Wildman–Crippen MR) is 96.4 cm³/mol. The van der Waals surface area contributed by atoms with Gasteiger partial charge in [0.2, 0.25) is 0 Å². The van der Waals surface area contributed by atoms with E-state index in [0.717, 1.165) is 17.2 Å². The molecule has 0 bridgehead atoms. The van der Waals surface area contributed by atoms with Gasteiger partial charge in [0.25, 0.3) is 0 Å². The lowest BCUT2D eigenvalue weighted by atomic mass is 10.1. The molecular formula is C18H14F3N3OS. The van der Waals surface area contributed by atoms with Crippen LogP contribution in [0.3, 0.4) is 0 Å².